The Balaban J connectivity index is 1.59. The second-order valence-corrected chi connectivity index (χ2v) is 7.37. The van der Waals surface area contributed by atoms with Crippen LogP contribution in [0.1, 0.15) is 44.6 Å². The van der Waals surface area contributed by atoms with E-state index in [9.17, 15) is 19.5 Å². The zero-order valence-corrected chi connectivity index (χ0v) is 15.5. The number of nitrogens with one attached hydrogen (secondary N) is 1. The molecule has 7 heteroatoms. The number of rotatable bonds is 5. The van der Waals surface area contributed by atoms with Crippen LogP contribution in [0.2, 0.25) is 0 Å². The van der Waals surface area contributed by atoms with Crippen molar-refractivity contribution in [1.82, 2.24) is 10.2 Å². The molecule has 7 nitrogen and oxygen atoms in total. The van der Waals surface area contributed by atoms with E-state index in [4.69, 9.17) is 4.74 Å². The Morgan fingerprint density at radius 1 is 1.22 bits per heavy atom. The van der Waals surface area contributed by atoms with E-state index in [1.165, 1.54) is 4.90 Å². The molecule has 0 spiro atoms. The molecule has 2 amide bonds. The maximum atomic E-state index is 12.9. The van der Waals surface area contributed by atoms with Crippen molar-refractivity contribution in [3.63, 3.8) is 0 Å². The number of carbonyl (C=O) groups excluding carboxylic acids is 2. The minimum Gasteiger partial charge on any atom is -0.480 e. The molecule has 2 N–H and O–H groups in total. The number of alkyl carbamates (subject to hydrolysis) is 1. The van der Waals surface area contributed by atoms with Crippen LogP contribution in [0.5, 0.6) is 0 Å². The summed E-state index contributed by atoms with van der Waals surface area (Å²) < 4.78 is 5.16. The normalized spacial score (nSPS) is 25.4. The van der Waals surface area contributed by atoms with E-state index in [2.05, 4.69) is 5.32 Å². The molecule has 1 aromatic carbocycles. The van der Waals surface area contributed by atoms with Crippen molar-refractivity contribution in [2.75, 3.05) is 0 Å². The molecular formula is C20H26N2O5. The number of fused-ring (bicyclic) bond motifs is 1. The molecule has 1 heterocycles. The summed E-state index contributed by atoms with van der Waals surface area (Å²) in [5.74, 6) is -1.09. The highest BCUT2D eigenvalue weighted by atomic mass is 16.5. The van der Waals surface area contributed by atoms with Gasteiger partial charge in [-0.25, -0.2) is 9.59 Å². The first-order valence-electron chi connectivity index (χ1n) is 9.49. The number of hydrogen-bond acceptors (Lipinski definition) is 4. The third-order valence-corrected chi connectivity index (χ3v) is 5.55. The van der Waals surface area contributed by atoms with Gasteiger partial charge in [-0.3, -0.25) is 4.79 Å². The predicted octanol–water partition coefficient (Wildman–Crippen LogP) is 2.55. The predicted molar refractivity (Wildman–Crippen MR) is 97.9 cm³/mol. The molecule has 1 saturated heterocycles. The molecule has 27 heavy (non-hydrogen) atoms. The van der Waals surface area contributed by atoms with Crippen LogP contribution in [0.25, 0.3) is 0 Å². The molecule has 4 atom stereocenters. The van der Waals surface area contributed by atoms with E-state index in [0.717, 1.165) is 31.2 Å². The lowest BCUT2D eigenvalue weighted by Crippen LogP contribution is -2.53. The molecular weight excluding hydrogens is 348 g/mol. The van der Waals surface area contributed by atoms with Crippen molar-refractivity contribution in [2.45, 2.75) is 63.8 Å². The standard InChI is InChI=1S/C20H26N2O5/c1-13(21-20(26)27-12-14-7-3-2-4-8-14)18(23)22-16-10-6-5-9-15(16)11-17(22)19(24)25/h2-4,7-8,13,15-17H,5-6,9-12H2,1H3,(H,21,26)(H,24,25)/t13-,15?,16?,17-/m0/s1. The van der Waals surface area contributed by atoms with Gasteiger partial charge in [0.05, 0.1) is 0 Å². The fraction of sp³-hybridized carbons (Fsp3) is 0.550. The molecule has 0 bridgehead atoms. The van der Waals surface area contributed by atoms with E-state index in [1.54, 1.807) is 6.92 Å². The Bertz CT molecular complexity index is 693. The van der Waals surface area contributed by atoms with Gasteiger partial charge in [0.2, 0.25) is 5.91 Å². The van der Waals surface area contributed by atoms with E-state index in [0.29, 0.717) is 6.42 Å². The number of hydrogen-bond donors (Lipinski definition) is 2. The average molecular weight is 374 g/mol. The molecule has 2 unspecified atom stereocenters. The van der Waals surface area contributed by atoms with Crippen molar-refractivity contribution in [2.24, 2.45) is 5.92 Å². The van der Waals surface area contributed by atoms with Gasteiger partial charge < -0.3 is 20.1 Å². The van der Waals surface area contributed by atoms with Crippen molar-refractivity contribution in [3.05, 3.63) is 35.9 Å². The number of carboxylic acids is 1. The van der Waals surface area contributed by atoms with Gasteiger partial charge in [-0.2, -0.15) is 0 Å². The highest BCUT2D eigenvalue weighted by Crippen LogP contribution is 2.40. The lowest BCUT2D eigenvalue weighted by Gasteiger charge is -2.34. The maximum Gasteiger partial charge on any atom is 0.408 e. The Labute approximate surface area is 158 Å². The topological polar surface area (TPSA) is 95.9 Å². The average Bonchev–Trinajstić information content (AvgIpc) is 3.06. The zero-order valence-electron chi connectivity index (χ0n) is 15.5. The van der Waals surface area contributed by atoms with Gasteiger partial charge in [-0.1, -0.05) is 43.2 Å². The third kappa shape index (κ3) is 4.40. The SMILES string of the molecule is C[C@H](NC(=O)OCc1ccccc1)C(=O)N1C2CCCCC2C[C@H]1C(=O)O. The van der Waals surface area contributed by atoms with Crippen LogP contribution in [0.15, 0.2) is 30.3 Å². The van der Waals surface area contributed by atoms with E-state index < -0.39 is 24.1 Å². The maximum absolute atomic E-state index is 12.9. The number of benzene rings is 1. The summed E-state index contributed by atoms with van der Waals surface area (Å²) in [5.41, 5.74) is 0.849. The van der Waals surface area contributed by atoms with E-state index in [1.807, 2.05) is 30.3 Å². The monoisotopic (exact) mass is 374 g/mol. The summed E-state index contributed by atoms with van der Waals surface area (Å²) in [5, 5.41) is 12.1. The molecule has 0 radical (unpaired) electrons. The number of ether oxygens (including phenoxy) is 1. The highest BCUT2D eigenvalue weighted by molar-refractivity contribution is 5.89. The second kappa shape index (κ2) is 8.41. The fourth-order valence-electron chi connectivity index (χ4n) is 4.22. The second-order valence-electron chi connectivity index (χ2n) is 7.37. The van der Waals surface area contributed by atoms with Gasteiger partial charge in [0, 0.05) is 6.04 Å². The molecule has 2 fully saturated rings. The first-order chi connectivity index (χ1) is 13.0. The molecule has 1 aliphatic carbocycles. The number of amides is 2. The summed E-state index contributed by atoms with van der Waals surface area (Å²) >= 11 is 0. The Hall–Kier alpha value is -2.57. The smallest absolute Gasteiger partial charge is 0.408 e. The summed E-state index contributed by atoms with van der Waals surface area (Å²) in [7, 11) is 0. The van der Waals surface area contributed by atoms with Crippen molar-refractivity contribution in [1.29, 1.82) is 0 Å². The summed E-state index contributed by atoms with van der Waals surface area (Å²) in [4.78, 5) is 38.1. The van der Waals surface area contributed by atoms with E-state index in [-0.39, 0.29) is 24.5 Å². The van der Waals surface area contributed by atoms with Crippen LogP contribution < -0.4 is 5.32 Å². The van der Waals surface area contributed by atoms with Crippen LogP contribution >= 0.6 is 0 Å². The number of nitrogens with zero attached hydrogens (tertiary/aromatic N) is 1. The van der Waals surface area contributed by atoms with Crippen LogP contribution in [-0.2, 0) is 20.9 Å². The van der Waals surface area contributed by atoms with Gasteiger partial charge in [0.25, 0.3) is 0 Å². The molecule has 3 rings (SSSR count). The summed E-state index contributed by atoms with van der Waals surface area (Å²) in [6, 6.07) is 7.56. The Morgan fingerprint density at radius 3 is 2.63 bits per heavy atom. The van der Waals surface area contributed by atoms with Gasteiger partial charge in [-0.05, 0) is 37.7 Å². The molecule has 1 aromatic rings. The minimum atomic E-state index is -0.975. The third-order valence-electron chi connectivity index (χ3n) is 5.55. The molecule has 1 saturated carbocycles. The van der Waals surface area contributed by atoms with Crippen LogP contribution in [-0.4, -0.2) is 46.1 Å². The molecule has 146 valence electrons. The van der Waals surface area contributed by atoms with Crippen molar-refractivity contribution in [3.8, 4) is 0 Å². The van der Waals surface area contributed by atoms with Gasteiger partial charge in [-0.15, -0.1) is 0 Å². The largest absolute Gasteiger partial charge is 0.480 e. The number of likely N-dealkylation sites (tertiary alicyclic amines) is 1. The number of carbonyl (C=O) groups is 3. The van der Waals surface area contributed by atoms with Crippen LogP contribution in [0.4, 0.5) is 4.79 Å². The van der Waals surface area contributed by atoms with Gasteiger partial charge in [0.15, 0.2) is 0 Å². The van der Waals surface area contributed by atoms with Gasteiger partial charge in [0.1, 0.15) is 18.7 Å². The van der Waals surface area contributed by atoms with Crippen molar-refractivity contribution < 1.29 is 24.2 Å². The summed E-state index contributed by atoms with van der Waals surface area (Å²) in [6.45, 7) is 1.68. The lowest BCUT2D eigenvalue weighted by atomic mass is 9.84. The Morgan fingerprint density at radius 2 is 1.93 bits per heavy atom. The minimum absolute atomic E-state index is 0.0445. The lowest BCUT2D eigenvalue weighted by molar-refractivity contribution is -0.150. The summed E-state index contributed by atoms with van der Waals surface area (Å²) in [6.07, 6.45) is 3.67. The molecule has 2 aliphatic rings. The van der Waals surface area contributed by atoms with Gasteiger partial charge >= 0.3 is 12.1 Å². The molecule has 1 aliphatic heterocycles. The van der Waals surface area contributed by atoms with E-state index >= 15 is 0 Å². The number of aliphatic carboxylic acids is 1. The quantitative estimate of drug-likeness (QED) is 0.826. The van der Waals surface area contributed by atoms with Crippen LogP contribution in [0.3, 0.4) is 0 Å². The molecule has 0 aromatic heterocycles. The van der Waals surface area contributed by atoms with Crippen LogP contribution in [0, 0.1) is 5.92 Å². The fourth-order valence-corrected chi connectivity index (χ4v) is 4.22. The first-order valence-corrected chi connectivity index (χ1v) is 9.49. The first kappa shape index (κ1) is 19.2. The number of carboxylic acid groups (broad SMARTS) is 1. The zero-order chi connectivity index (χ0) is 19.4. The van der Waals surface area contributed by atoms with Crippen molar-refractivity contribution >= 4 is 18.0 Å². The highest BCUT2D eigenvalue weighted by Gasteiger charge is 2.48. The Kier molecular flexibility index (Phi) is 5.98.